The molecule has 0 aliphatic carbocycles. The SMILES string of the molecule is C[C@H](CO)N1C[C@H](C)[C@H](CN(C)Cc2ccc(C(=O)O)cc2)Oc2ccc(NS(C)(=O)=O)cc2CC1=O. The normalized spacial score (nSPS) is 19.3. The van der Waals surface area contributed by atoms with Gasteiger partial charge in [0, 0.05) is 36.8 Å². The van der Waals surface area contributed by atoms with Crippen LogP contribution in [0.25, 0.3) is 0 Å². The molecule has 11 heteroatoms. The molecule has 37 heavy (non-hydrogen) atoms. The zero-order valence-corrected chi connectivity index (χ0v) is 22.4. The maximum atomic E-state index is 13.2. The van der Waals surface area contributed by atoms with E-state index in [2.05, 4.69) is 9.62 Å². The highest BCUT2D eigenvalue weighted by atomic mass is 32.2. The van der Waals surface area contributed by atoms with E-state index in [1.165, 1.54) is 0 Å². The number of hydrogen-bond donors (Lipinski definition) is 3. The van der Waals surface area contributed by atoms with E-state index >= 15 is 0 Å². The monoisotopic (exact) mass is 533 g/mol. The Morgan fingerprint density at radius 2 is 1.92 bits per heavy atom. The number of aromatic carboxylic acids is 1. The van der Waals surface area contributed by atoms with E-state index in [1.54, 1.807) is 54.3 Å². The molecule has 1 aliphatic heterocycles. The Morgan fingerprint density at radius 1 is 1.24 bits per heavy atom. The van der Waals surface area contributed by atoms with Gasteiger partial charge < -0.3 is 19.8 Å². The van der Waals surface area contributed by atoms with Crippen LogP contribution in [0.4, 0.5) is 5.69 Å². The first-order valence-electron chi connectivity index (χ1n) is 12.0. The summed E-state index contributed by atoms with van der Waals surface area (Å²) in [6.07, 6.45) is 0.739. The molecule has 0 saturated carbocycles. The highest BCUT2D eigenvalue weighted by Gasteiger charge is 2.31. The zero-order valence-electron chi connectivity index (χ0n) is 21.5. The lowest BCUT2D eigenvalue weighted by molar-refractivity contribution is -0.134. The van der Waals surface area contributed by atoms with Crippen LogP contribution in [0.5, 0.6) is 5.75 Å². The number of sulfonamides is 1. The molecular formula is C26H35N3O7S. The third kappa shape index (κ3) is 7.91. The van der Waals surface area contributed by atoms with Crippen molar-refractivity contribution in [2.24, 2.45) is 5.92 Å². The zero-order chi connectivity index (χ0) is 27.3. The molecule has 1 aliphatic rings. The van der Waals surface area contributed by atoms with Crippen LogP contribution in [0.1, 0.15) is 35.3 Å². The van der Waals surface area contributed by atoms with Crippen molar-refractivity contribution < 1.29 is 33.0 Å². The van der Waals surface area contributed by atoms with Crippen molar-refractivity contribution in [2.45, 2.75) is 39.0 Å². The molecule has 0 saturated heterocycles. The number of carboxylic acids is 1. The van der Waals surface area contributed by atoms with Gasteiger partial charge in [0.1, 0.15) is 11.9 Å². The molecule has 202 valence electrons. The number of anilines is 1. The molecule has 0 aromatic heterocycles. The minimum atomic E-state index is -3.50. The number of nitrogens with one attached hydrogen (secondary N) is 1. The fourth-order valence-electron chi connectivity index (χ4n) is 4.36. The van der Waals surface area contributed by atoms with Crippen molar-refractivity contribution in [1.29, 1.82) is 0 Å². The van der Waals surface area contributed by atoms with Gasteiger partial charge in [-0.05, 0) is 49.9 Å². The van der Waals surface area contributed by atoms with E-state index in [0.717, 1.165) is 11.8 Å². The molecule has 0 fully saturated rings. The Morgan fingerprint density at radius 3 is 2.51 bits per heavy atom. The third-order valence-electron chi connectivity index (χ3n) is 6.36. The standard InChI is InChI=1S/C26H35N3O7S/c1-17-13-29(18(2)16-30)25(31)12-21-11-22(27-37(4,34)35)9-10-23(21)36-24(17)15-28(3)14-19-5-7-20(8-6-19)26(32)33/h5-11,17-18,24,27,30H,12-16H2,1-4H3,(H,32,33)/t17-,18+,24-/m0/s1. The fourth-order valence-corrected chi connectivity index (χ4v) is 4.92. The molecule has 0 spiro atoms. The molecule has 1 heterocycles. The average molecular weight is 534 g/mol. The quantitative estimate of drug-likeness (QED) is 0.446. The van der Waals surface area contributed by atoms with Crippen molar-refractivity contribution in [3.63, 3.8) is 0 Å². The number of amides is 1. The second-order valence-corrected chi connectivity index (χ2v) is 11.5. The summed E-state index contributed by atoms with van der Waals surface area (Å²) in [5.74, 6) is -0.740. The summed E-state index contributed by atoms with van der Waals surface area (Å²) in [6, 6.07) is 11.2. The molecule has 1 amide bonds. The molecular weight excluding hydrogens is 498 g/mol. The number of carboxylic acid groups (broad SMARTS) is 1. The van der Waals surface area contributed by atoms with E-state index in [-0.39, 0.29) is 42.6 Å². The first-order valence-corrected chi connectivity index (χ1v) is 13.9. The van der Waals surface area contributed by atoms with Gasteiger partial charge in [-0.2, -0.15) is 0 Å². The third-order valence-corrected chi connectivity index (χ3v) is 6.97. The first-order chi connectivity index (χ1) is 17.4. The van der Waals surface area contributed by atoms with E-state index in [9.17, 15) is 23.1 Å². The number of ether oxygens (including phenoxy) is 1. The number of aliphatic hydroxyl groups is 1. The molecule has 10 nitrogen and oxygen atoms in total. The van der Waals surface area contributed by atoms with Crippen LogP contribution in [0.3, 0.4) is 0 Å². The molecule has 0 unspecified atom stereocenters. The summed E-state index contributed by atoms with van der Waals surface area (Å²) in [6.45, 7) is 5.06. The van der Waals surface area contributed by atoms with E-state index in [4.69, 9.17) is 9.84 Å². The number of carbonyl (C=O) groups is 2. The van der Waals surface area contributed by atoms with Gasteiger partial charge in [-0.1, -0.05) is 19.1 Å². The second kappa shape index (κ2) is 11.9. The average Bonchev–Trinajstić information content (AvgIpc) is 2.86. The van der Waals surface area contributed by atoms with Crippen LogP contribution >= 0.6 is 0 Å². The van der Waals surface area contributed by atoms with Gasteiger partial charge in [0.05, 0.1) is 30.9 Å². The Bertz CT molecular complexity index is 1220. The van der Waals surface area contributed by atoms with Gasteiger partial charge in [-0.25, -0.2) is 13.2 Å². The predicted octanol–water partition coefficient (Wildman–Crippen LogP) is 2.04. The van der Waals surface area contributed by atoms with Gasteiger partial charge in [0.15, 0.2) is 0 Å². The van der Waals surface area contributed by atoms with Crippen LogP contribution in [0.15, 0.2) is 42.5 Å². The summed E-state index contributed by atoms with van der Waals surface area (Å²) in [7, 11) is -1.56. The van der Waals surface area contributed by atoms with Crippen molar-refractivity contribution in [1.82, 2.24) is 9.80 Å². The Balaban J connectivity index is 1.88. The van der Waals surface area contributed by atoms with Gasteiger partial charge in [-0.15, -0.1) is 0 Å². The molecule has 0 bridgehead atoms. The topological polar surface area (TPSA) is 136 Å². The summed E-state index contributed by atoms with van der Waals surface area (Å²) in [5.41, 5.74) is 2.07. The second-order valence-electron chi connectivity index (χ2n) is 9.78. The predicted molar refractivity (Wildman–Crippen MR) is 140 cm³/mol. The summed E-state index contributed by atoms with van der Waals surface area (Å²) >= 11 is 0. The number of carbonyl (C=O) groups excluding carboxylic acids is 1. The fraction of sp³-hybridized carbons (Fsp3) is 0.462. The van der Waals surface area contributed by atoms with Crippen molar-refractivity contribution in [3.05, 3.63) is 59.2 Å². The molecule has 3 atom stereocenters. The Labute approximate surface area is 217 Å². The van der Waals surface area contributed by atoms with Crippen LogP contribution in [0.2, 0.25) is 0 Å². The van der Waals surface area contributed by atoms with Crippen molar-refractivity contribution in [3.8, 4) is 5.75 Å². The maximum absolute atomic E-state index is 13.2. The number of benzene rings is 2. The Hall–Kier alpha value is -3.15. The van der Waals surface area contributed by atoms with Crippen LogP contribution < -0.4 is 9.46 Å². The molecule has 2 aromatic carbocycles. The molecule has 3 N–H and O–H groups in total. The van der Waals surface area contributed by atoms with Gasteiger partial charge in [-0.3, -0.25) is 14.4 Å². The lowest BCUT2D eigenvalue weighted by Crippen LogP contribution is -2.47. The largest absolute Gasteiger partial charge is 0.488 e. The number of nitrogens with zero attached hydrogens (tertiary/aromatic N) is 2. The summed E-state index contributed by atoms with van der Waals surface area (Å²) in [5, 5.41) is 18.9. The summed E-state index contributed by atoms with van der Waals surface area (Å²) < 4.78 is 32.3. The highest BCUT2D eigenvalue weighted by molar-refractivity contribution is 7.92. The van der Waals surface area contributed by atoms with Crippen molar-refractivity contribution in [2.75, 3.05) is 37.7 Å². The Kier molecular flexibility index (Phi) is 9.16. The minimum absolute atomic E-state index is 0.00413. The maximum Gasteiger partial charge on any atom is 0.335 e. The molecule has 3 rings (SSSR count). The van der Waals surface area contributed by atoms with Crippen LogP contribution in [0, 0.1) is 5.92 Å². The van der Waals surface area contributed by atoms with E-state index < -0.39 is 16.0 Å². The lowest BCUT2D eigenvalue weighted by atomic mass is 10.0. The van der Waals surface area contributed by atoms with E-state index in [1.807, 2.05) is 14.0 Å². The minimum Gasteiger partial charge on any atom is -0.488 e. The van der Waals surface area contributed by atoms with Crippen LogP contribution in [-0.4, -0.2) is 85.5 Å². The van der Waals surface area contributed by atoms with E-state index in [0.29, 0.717) is 36.6 Å². The number of fused-ring (bicyclic) bond motifs is 1. The highest BCUT2D eigenvalue weighted by Crippen LogP contribution is 2.29. The van der Waals surface area contributed by atoms with Crippen molar-refractivity contribution >= 4 is 27.6 Å². The number of rotatable bonds is 9. The number of likely N-dealkylation sites (N-methyl/N-ethyl adjacent to an activating group) is 1. The number of aliphatic hydroxyl groups excluding tert-OH is 1. The molecule has 2 aromatic rings. The number of hydrogen-bond acceptors (Lipinski definition) is 7. The smallest absolute Gasteiger partial charge is 0.335 e. The lowest BCUT2D eigenvalue weighted by Gasteiger charge is -2.34. The van der Waals surface area contributed by atoms with Gasteiger partial charge in [0.25, 0.3) is 0 Å². The van der Waals surface area contributed by atoms with Gasteiger partial charge in [0.2, 0.25) is 15.9 Å². The molecule has 0 radical (unpaired) electrons. The van der Waals surface area contributed by atoms with Crippen LogP contribution in [-0.2, 0) is 27.8 Å². The first kappa shape index (κ1) is 28.4. The van der Waals surface area contributed by atoms with Gasteiger partial charge >= 0.3 is 5.97 Å². The summed E-state index contributed by atoms with van der Waals surface area (Å²) in [4.78, 5) is 28.1.